The molecular formula is C19H27BrN4O4. The van der Waals surface area contributed by atoms with Crippen LogP contribution in [0.25, 0.3) is 0 Å². The molecule has 2 rings (SSSR count). The highest BCUT2D eigenvalue weighted by molar-refractivity contribution is 9.10. The molecule has 154 valence electrons. The Morgan fingerprint density at radius 1 is 1.07 bits per heavy atom. The number of hydrogen-bond donors (Lipinski definition) is 2. The minimum absolute atomic E-state index is 0.00543. The van der Waals surface area contributed by atoms with Crippen LogP contribution in [0.5, 0.6) is 5.75 Å². The summed E-state index contributed by atoms with van der Waals surface area (Å²) in [6.45, 7) is 4.37. The van der Waals surface area contributed by atoms with Gasteiger partial charge in [-0.15, -0.1) is 0 Å². The van der Waals surface area contributed by atoms with Crippen molar-refractivity contribution in [1.29, 1.82) is 0 Å². The summed E-state index contributed by atoms with van der Waals surface area (Å²) in [6.07, 6.45) is 1.31. The van der Waals surface area contributed by atoms with Crippen LogP contribution < -0.4 is 16.0 Å². The van der Waals surface area contributed by atoms with Gasteiger partial charge < -0.3 is 14.5 Å². The monoisotopic (exact) mass is 454 g/mol. The first-order valence-electron chi connectivity index (χ1n) is 9.34. The molecule has 28 heavy (non-hydrogen) atoms. The number of carbonyl (C=O) groups excluding carboxylic acids is 3. The largest absolute Gasteiger partial charge is 0.493 e. The molecule has 1 fully saturated rings. The number of nitrogens with zero attached hydrogens (tertiary/aromatic N) is 2. The van der Waals surface area contributed by atoms with Crippen molar-refractivity contribution in [2.24, 2.45) is 5.84 Å². The standard InChI is InChI=1S/C19H27BrN4O4/c1-14-13-15(5-6-16(14)20)28-12-7-19(27)24-10-8-23(9-11-24)18(26)4-2-3-17(25)22-21/h5-6,13H,2-4,7-12,21H2,1H3,(H,22,25). The molecule has 0 aromatic heterocycles. The topological polar surface area (TPSA) is 105 Å². The molecule has 9 heteroatoms. The SMILES string of the molecule is Cc1cc(OCCC(=O)N2CCN(C(=O)CCCC(=O)NN)CC2)ccc1Br. The summed E-state index contributed by atoms with van der Waals surface area (Å²) < 4.78 is 6.68. The molecule has 0 bridgehead atoms. The number of aryl methyl sites for hydroxylation is 1. The van der Waals surface area contributed by atoms with E-state index in [1.165, 1.54) is 0 Å². The fourth-order valence-electron chi connectivity index (χ4n) is 2.96. The van der Waals surface area contributed by atoms with E-state index in [1.54, 1.807) is 9.80 Å². The second-order valence-corrected chi connectivity index (χ2v) is 7.55. The second-order valence-electron chi connectivity index (χ2n) is 6.69. The molecule has 0 atom stereocenters. The van der Waals surface area contributed by atoms with Crippen molar-refractivity contribution in [2.75, 3.05) is 32.8 Å². The van der Waals surface area contributed by atoms with Crippen LogP contribution in [-0.4, -0.2) is 60.3 Å². The van der Waals surface area contributed by atoms with Gasteiger partial charge in [0.2, 0.25) is 17.7 Å². The van der Waals surface area contributed by atoms with Gasteiger partial charge >= 0.3 is 0 Å². The minimum atomic E-state index is -0.274. The quantitative estimate of drug-likeness (QED) is 0.350. The van der Waals surface area contributed by atoms with Crippen molar-refractivity contribution >= 4 is 33.7 Å². The van der Waals surface area contributed by atoms with E-state index in [0.717, 1.165) is 15.8 Å². The zero-order valence-corrected chi connectivity index (χ0v) is 17.7. The second kappa shape index (κ2) is 11.0. The average molecular weight is 455 g/mol. The first-order valence-corrected chi connectivity index (χ1v) is 10.1. The smallest absolute Gasteiger partial charge is 0.233 e. The highest BCUT2D eigenvalue weighted by Crippen LogP contribution is 2.21. The Hall–Kier alpha value is -2.13. The predicted octanol–water partition coefficient (Wildman–Crippen LogP) is 1.36. The third kappa shape index (κ3) is 6.79. The van der Waals surface area contributed by atoms with E-state index in [-0.39, 0.29) is 24.1 Å². The van der Waals surface area contributed by atoms with Gasteiger partial charge in [-0.25, -0.2) is 5.84 Å². The van der Waals surface area contributed by atoms with Gasteiger partial charge in [0.15, 0.2) is 0 Å². The Bertz CT molecular complexity index is 705. The molecule has 3 amide bonds. The van der Waals surface area contributed by atoms with Gasteiger partial charge in [-0.3, -0.25) is 19.8 Å². The van der Waals surface area contributed by atoms with Crippen LogP contribution in [0.1, 0.15) is 31.2 Å². The molecule has 0 aliphatic carbocycles. The maximum Gasteiger partial charge on any atom is 0.233 e. The normalized spacial score (nSPS) is 14.0. The maximum absolute atomic E-state index is 12.3. The molecule has 1 aliphatic heterocycles. The number of amides is 3. The summed E-state index contributed by atoms with van der Waals surface area (Å²) in [5, 5.41) is 0. The third-order valence-electron chi connectivity index (χ3n) is 4.65. The van der Waals surface area contributed by atoms with Gasteiger partial charge in [-0.1, -0.05) is 15.9 Å². The van der Waals surface area contributed by atoms with E-state index >= 15 is 0 Å². The lowest BCUT2D eigenvalue weighted by Gasteiger charge is -2.35. The van der Waals surface area contributed by atoms with E-state index < -0.39 is 0 Å². The molecular weight excluding hydrogens is 428 g/mol. The van der Waals surface area contributed by atoms with Gasteiger partial charge in [0.1, 0.15) is 5.75 Å². The molecule has 0 radical (unpaired) electrons. The van der Waals surface area contributed by atoms with Crippen molar-refractivity contribution < 1.29 is 19.1 Å². The summed E-state index contributed by atoms with van der Waals surface area (Å²) in [4.78, 5) is 39.1. The molecule has 1 saturated heterocycles. The van der Waals surface area contributed by atoms with Crippen LogP contribution in [0, 0.1) is 6.92 Å². The fraction of sp³-hybridized carbons (Fsp3) is 0.526. The number of benzene rings is 1. The number of hydrazine groups is 1. The Morgan fingerprint density at radius 3 is 2.25 bits per heavy atom. The summed E-state index contributed by atoms with van der Waals surface area (Å²) >= 11 is 3.44. The molecule has 1 heterocycles. The van der Waals surface area contributed by atoms with Crippen molar-refractivity contribution in [3.05, 3.63) is 28.2 Å². The van der Waals surface area contributed by atoms with E-state index in [4.69, 9.17) is 10.6 Å². The summed E-state index contributed by atoms with van der Waals surface area (Å²) in [6, 6.07) is 5.71. The van der Waals surface area contributed by atoms with Crippen LogP contribution in [0.3, 0.4) is 0 Å². The molecule has 0 saturated carbocycles. The van der Waals surface area contributed by atoms with Crippen LogP contribution >= 0.6 is 15.9 Å². The zero-order chi connectivity index (χ0) is 20.5. The van der Waals surface area contributed by atoms with E-state index in [1.807, 2.05) is 30.5 Å². The highest BCUT2D eigenvalue weighted by Gasteiger charge is 2.23. The number of carbonyl (C=O) groups is 3. The van der Waals surface area contributed by atoms with Crippen molar-refractivity contribution in [3.8, 4) is 5.75 Å². The average Bonchev–Trinajstić information content (AvgIpc) is 2.70. The van der Waals surface area contributed by atoms with Gasteiger partial charge in [-0.05, 0) is 37.1 Å². The third-order valence-corrected chi connectivity index (χ3v) is 5.54. The number of piperazine rings is 1. The van der Waals surface area contributed by atoms with Crippen molar-refractivity contribution in [1.82, 2.24) is 15.2 Å². The zero-order valence-electron chi connectivity index (χ0n) is 16.1. The molecule has 1 aromatic rings. The number of ether oxygens (including phenoxy) is 1. The van der Waals surface area contributed by atoms with Crippen LogP contribution in [0.15, 0.2) is 22.7 Å². The van der Waals surface area contributed by atoms with Gasteiger partial charge in [0, 0.05) is 43.5 Å². The first-order chi connectivity index (χ1) is 13.4. The highest BCUT2D eigenvalue weighted by atomic mass is 79.9. The maximum atomic E-state index is 12.3. The van der Waals surface area contributed by atoms with Crippen LogP contribution in [0.2, 0.25) is 0 Å². The molecule has 1 aromatic carbocycles. The molecule has 1 aliphatic rings. The first kappa shape index (κ1) is 22.2. The van der Waals surface area contributed by atoms with E-state index in [9.17, 15) is 14.4 Å². The predicted molar refractivity (Wildman–Crippen MR) is 108 cm³/mol. The molecule has 3 N–H and O–H groups in total. The Morgan fingerprint density at radius 2 is 1.68 bits per heavy atom. The molecule has 0 unspecified atom stereocenters. The number of nitrogens with one attached hydrogen (secondary N) is 1. The Labute approximate surface area is 173 Å². The van der Waals surface area contributed by atoms with Crippen LogP contribution in [-0.2, 0) is 14.4 Å². The Balaban J connectivity index is 1.66. The van der Waals surface area contributed by atoms with E-state index in [2.05, 4.69) is 15.9 Å². The molecule has 0 spiro atoms. The van der Waals surface area contributed by atoms with E-state index in [0.29, 0.717) is 52.0 Å². The number of nitrogens with two attached hydrogens (primary N) is 1. The number of hydrogen-bond acceptors (Lipinski definition) is 5. The van der Waals surface area contributed by atoms with Gasteiger partial charge in [-0.2, -0.15) is 0 Å². The number of halogens is 1. The molecule has 8 nitrogen and oxygen atoms in total. The Kier molecular flexibility index (Phi) is 8.72. The number of rotatable bonds is 8. The van der Waals surface area contributed by atoms with Crippen LogP contribution in [0.4, 0.5) is 0 Å². The summed E-state index contributed by atoms with van der Waals surface area (Å²) in [5.41, 5.74) is 3.13. The minimum Gasteiger partial charge on any atom is -0.493 e. The van der Waals surface area contributed by atoms with Crippen molar-refractivity contribution in [3.63, 3.8) is 0 Å². The summed E-state index contributed by atoms with van der Waals surface area (Å²) in [5.74, 6) is 5.51. The summed E-state index contributed by atoms with van der Waals surface area (Å²) in [7, 11) is 0. The van der Waals surface area contributed by atoms with Crippen molar-refractivity contribution in [2.45, 2.75) is 32.6 Å². The lowest BCUT2D eigenvalue weighted by Crippen LogP contribution is -2.50. The van der Waals surface area contributed by atoms with Gasteiger partial charge in [0.25, 0.3) is 0 Å². The lowest BCUT2D eigenvalue weighted by molar-refractivity contribution is -0.140. The lowest BCUT2D eigenvalue weighted by atomic mass is 10.2. The fourth-order valence-corrected chi connectivity index (χ4v) is 3.20. The van der Waals surface area contributed by atoms with Gasteiger partial charge in [0.05, 0.1) is 13.0 Å².